The number of aliphatic carboxylic acids is 2. The molecule has 182 valence electrons. The minimum absolute atomic E-state index is 0.234. The normalized spacial score (nSPS) is 10.8. The van der Waals surface area contributed by atoms with Gasteiger partial charge in [-0.15, -0.1) is 0 Å². The third-order valence-corrected chi connectivity index (χ3v) is 4.53. The highest BCUT2D eigenvalue weighted by atomic mass is 16.5. The van der Waals surface area contributed by atoms with Crippen LogP contribution in [0.5, 0.6) is 11.5 Å². The summed E-state index contributed by atoms with van der Waals surface area (Å²) in [6.07, 6.45) is 6.60. The van der Waals surface area contributed by atoms with Crippen molar-refractivity contribution in [2.75, 3.05) is 39.4 Å². The average molecular weight is 471 g/mol. The molecule has 2 heterocycles. The number of carboxylic acids is 2. The summed E-state index contributed by atoms with van der Waals surface area (Å²) in [5.41, 5.74) is 1.48. The Balaban J connectivity index is 2.18. The van der Waals surface area contributed by atoms with Gasteiger partial charge in [0.1, 0.15) is 24.7 Å². The number of nitrogens with zero attached hydrogens (tertiary/aromatic N) is 4. The van der Waals surface area contributed by atoms with E-state index in [9.17, 15) is 9.59 Å². The summed E-state index contributed by atoms with van der Waals surface area (Å²) in [6.45, 7) is 8.74. The van der Waals surface area contributed by atoms with Crippen LogP contribution in [0.4, 0.5) is 0 Å². The Labute approximate surface area is 198 Å². The SMILES string of the molecule is C=CCOc1ccnc(CN(CCN(CC(=O)O)CC(=O)O)Cc2cc(OCC=C)ccn2)c1. The van der Waals surface area contributed by atoms with Crippen molar-refractivity contribution in [2.45, 2.75) is 13.1 Å². The number of pyridine rings is 2. The van der Waals surface area contributed by atoms with Gasteiger partial charge in [-0.1, -0.05) is 25.3 Å². The zero-order valence-electron chi connectivity index (χ0n) is 19.0. The molecule has 10 heteroatoms. The molecule has 0 spiro atoms. The second kappa shape index (κ2) is 14.4. The van der Waals surface area contributed by atoms with Crippen molar-refractivity contribution in [2.24, 2.45) is 0 Å². The summed E-state index contributed by atoms with van der Waals surface area (Å²) in [4.78, 5) is 34.5. The topological polar surface area (TPSA) is 125 Å². The fourth-order valence-electron chi connectivity index (χ4n) is 3.13. The van der Waals surface area contributed by atoms with E-state index in [4.69, 9.17) is 19.7 Å². The number of ether oxygens (including phenoxy) is 2. The van der Waals surface area contributed by atoms with Gasteiger partial charge in [0.15, 0.2) is 0 Å². The highest BCUT2D eigenvalue weighted by Crippen LogP contribution is 2.16. The van der Waals surface area contributed by atoms with Crippen molar-refractivity contribution in [3.05, 3.63) is 73.4 Å². The molecule has 2 rings (SSSR count). The van der Waals surface area contributed by atoms with Crippen molar-refractivity contribution in [3.63, 3.8) is 0 Å². The standard InChI is InChI=1S/C24H30N4O6/c1-3-11-33-21-5-7-25-19(13-21)15-27(9-10-28(17-23(29)30)18-24(31)32)16-20-14-22(6-8-26-20)34-12-4-2/h3-8,13-14H,1-2,9-12,15-18H2,(H,29,30)(H,31,32). The lowest BCUT2D eigenvalue weighted by atomic mass is 10.2. The van der Waals surface area contributed by atoms with E-state index in [1.54, 1.807) is 36.7 Å². The van der Waals surface area contributed by atoms with E-state index in [-0.39, 0.29) is 19.6 Å². The van der Waals surface area contributed by atoms with Gasteiger partial charge in [-0.25, -0.2) is 0 Å². The number of carboxylic acid groups (broad SMARTS) is 2. The largest absolute Gasteiger partial charge is 0.489 e. The molecule has 2 aromatic rings. The van der Waals surface area contributed by atoms with Gasteiger partial charge in [0.2, 0.25) is 0 Å². The van der Waals surface area contributed by atoms with E-state index in [1.807, 2.05) is 17.0 Å². The first-order valence-electron chi connectivity index (χ1n) is 10.6. The first-order valence-corrected chi connectivity index (χ1v) is 10.6. The quantitative estimate of drug-likeness (QED) is 0.332. The van der Waals surface area contributed by atoms with E-state index < -0.39 is 11.9 Å². The van der Waals surface area contributed by atoms with Crippen LogP contribution in [0.1, 0.15) is 11.4 Å². The van der Waals surface area contributed by atoms with Gasteiger partial charge in [-0.05, 0) is 12.1 Å². The van der Waals surface area contributed by atoms with Gasteiger partial charge in [0, 0.05) is 50.7 Å². The zero-order chi connectivity index (χ0) is 24.8. The fraction of sp³-hybridized carbons (Fsp3) is 0.333. The van der Waals surface area contributed by atoms with Gasteiger partial charge in [0.25, 0.3) is 0 Å². The molecule has 0 aromatic carbocycles. The van der Waals surface area contributed by atoms with Crippen LogP contribution in [-0.2, 0) is 22.7 Å². The highest BCUT2D eigenvalue weighted by Gasteiger charge is 2.17. The lowest BCUT2D eigenvalue weighted by Gasteiger charge is -2.26. The van der Waals surface area contributed by atoms with Crippen LogP contribution in [0.25, 0.3) is 0 Å². The Kier molecular flexibility index (Phi) is 11.2. The zero-order valence-corrected chi connectivity index (χ0v) is 19.0. The van der Waals surface area contributed by atoms with Gasteiger partial charge >= 0.3 is 11.9 Å². The second-order valence-electron chi connectivity index (χ2n) is 7.37. The third kappa shape index (κ3) is 10.2. The van der Waals surface area contributed by atoms with Gasteiger partial charge in [0.05, 0.1) is 24.5 Å². The van der Waals surface area contributed by atoms with Crippen LogP contribution in [0.3, 0.4) is 0 Å². The molecule has 0 bridgehead atoms. The Morgan fingerprint density at radius 3 is 1.68 bits per heavy atom. The summed E-state index contributed by atoms with van der Waals surface area (Å²) in [7, 11) is 0. The Morgan fingerprint density at radius 2 is 1.26 bits per heavy atom. The van der Waals surface area contributed by atoms with Crippen LogP contribution in [0.2, 0.25) is 0 Å². The van der Waals surface area contributed by atoms with Gasteiger partial charge in [-0.3, -0.25) is 29.4 Å². The van der Waals surface area contributed by atoms with Crippen LogP contribution in [0, 0.1) is 0 Å². The number of hydrogen-bond acceptors (Lipinski definition) is 8. The van der Waals surface area contributed by atoms with E-state index in [0.717, 1.165) is 11.4 Å². The Hall–Kier alpha value is -3.76. The predicted molar refractivity (Wildman–Crippen MR) is 126 cm³/mol. The number of carbonyl (C=O) groups is 2. The Bertz CT molecular complexity index is 894. The van der Waals surface area contributed by atoms with Crippen molar-refractivity contribution < 1.29 is 29.3 Å². The van der Waals surface area contributed by atoms with Gasteiger partial charge in [-0.2, -0.15) is 0 Å². The number of hydrogen-bond donors (Lipinski definition) is 2. The molecule has 0 aliphatic carbocycles. The molecule has 0 aliphatic rings. The summed E-state index contributed by atoms with van der Waals surface area (Å²) in [6, 6.07) is 7.14. The molecular weight excluding hydrogens is 440 g/mol. The summed E-state index contributed by atoms with van der Waals surface area (Å²) >= 11 is 0. The molecule has 0 unspecified atom stereocenters. The van der Waals surface area contributed by atoms with Crippen molar-refractivity contribution in [1.82, 2.24) is 19.8 Å². The number of aromatic nitrogens is 2. The van der Waals surface area contributed by atoms with Crippen molar-refractivity contribution in [1.29, 1.82) is 0 Å². The molecule has 2 N–H and O–H groups in total. The summed E-state index contributed by atoms with van der Waals surface area (Å²) in [5.74, 6) is -0.868. The fourth-order valence-corrected chi connectivity index (χ4v) is 3.13. The molecule has 0 saturated carbocycles. The predicted octanol–water partition coefficient (Wildman–Crippen LogP) is 2.08. The molecule has 0 amide bonds. The van der Waals surface area contributed by atoms with Crippen LogP contribution in [-0.4, -0.2) is 81.3 Å². The maximum Gasteiger partial charge on any atom is 0.317 e. The van der Waals surface area contributed by atoms with E-state index >= 15 is 0 Å². The highest BCUT2D eigenvalue weighted by molar-refractivity contribution is 5.72. The van der Waals surface area contributed by atoms with Crippen LogP contribution < -0.4 is 9.47 Å². The average Bonchev–Trinajstić information content (AvgIpc) is 2.79. The maximum atomic E-state index is 11.2. The lowest BCUT2D eigenvalue weighted by Crippen LogP contribution is -2.40. The van der Waals surface area contributed by atoms with E-state index in [0.29, 0.717) is 44.3 Å². The molecule has 0 radical (unpaired) electrons. The summed E-state index contributed by atoms with van der Waals surface area (Å²) < 4.78 is 11.2. The molecule has 0 saturated heterocycles. The van der Waals surface area contributed by atoms with Crippen molar-refractivity contribution in [3.8, 4) is 11.5 Å². The molecule has 0 fully saturated rings. The van der Waals surface area contributed by atoms with E-state index in [2.05, 4.69) is 23.1 Å². The summed E-state index contributed by atoms with van der Waals surface area (Å²) in [5, 5.41) is 18.3. The van der Waals surface area contributed by atoms with Gasteiger partial charge < -0.3 is 19.7 Å². The van der Waals surface area contributed by atoms with E-state index in [1.165, 1.54) is 4.90 Å². The maximum absolute atomic E-state index is 11.2. The second-order valence-corrected chi connectivity index (χ2v) is 7.37. The minimum Gasteiger partial charge on any atom is -0.489 e. The number of rotatable bonds is 17. The molecule has 2 aromatic heterocycles. The smallest absolute Gasteiger partial charge is 0.317 e. The third-order valence-electron chi connectivity index (χ3n) is 4.53. The first kappa shape index (κ1) is 26.5. The molecule has 0 aliphatic heterocycles. The van der Waals surface area contributed by atoms with Crippen molar-refractivity contribution >= 4 is 11.9 Å². The lowest BCUT2D eigenvalue weighted by molar-refractivity contribution is -0.141. The van der Waals surface area contributed by atoms with Crippen LogP contribution in [0.15, 0.2) is 62.0 Å². The van der Waals surface area contributed by atoms with Crippen LogP contribution >= 0.6 is 0 Å². The molecular formula is C24H30N4O6. The minimum atomic E-state index is -1.09. The first-order chi connectivity index (χ1) is 16.4. The molecule has 34 heavy (non-hydrogen) atoms. The molecule has 10 nitrogen and oxygen atoms in total. The molecule has 0 atom stereocenters. The Morgan fingerprint density at radius 1 is 0.824 bits per heavy atom. The monoisotopic (exact) mass is 470 g/mol.